The lowest BCUT2D eigenvalue weighted by molar-refractivity contribution is -0.153. The zero-order valence-corrected chi connectivity index (χ0v) is 18.0. The number of aliphatic carboxylic acids is 1. The molecule has 31 heavy (non-hydrogen) atoms. The van der Waals surface area contributed by atoms with E-state index in [9.17, 15) is 23.8 Å². The number of carbonyl (C=O) groups is 1. The van der Waals surface area contributed by atoms with Gasteiger partial charge in [0.1, 0.15) is 11.6 Å². The van der Waals surface area contributed by atoms with Crippen molar-refractivity contribution in [1.29, 1.82) is 0 Å². The summed E-state index contributed by atoms with van der Waals surface area (Å²) in [7, 11) is 0. The maximum Gasteiger partial charge on any atom is 0.341 e. The molecule has 1 fully saturated rings. The van der Waals surface area contributed by atoms with E-state index in [1.165, 1.54) is 6.07 Å². The second kappa shape index (κ2) is 7.66. The van der Waals surface area contributed by atoms with E-state index < -0.39 is 11.6 Å². The highest BCUT2D eigenvalue weighted by atomic mass is 19.1. The quantitative estimate of drug-likeness (QED) is 0.509. The summed E-state index contributed by atoms with van der Waals surface area (Å²) in [4.78, 5) is 11.4. The molecule has 1 aromatic heterocycles. The minimum Gasteiger partial charge on any atom is -0.508 e. The van der Waals surface area contributed by atoms with Crippen molar-refractivity contribution in [3.8, 4) is 11.4 Å². The highest BCUT2D eigenvalue weighted by Gasteiger charge is 2.43. The Morgan fingerprint density at radius 1 is 1.16 bits per heavy atom. The normalized spacial score (nSPS) is 21.7. The predicted molar refractivity (Wildman–Crippen MR) is 116 cm³/mol. The number of rotatable bonds is 4. The molecule has 1 aliphatic carbocycles. The first-order chi connectivity index (χ1) is 14.6. The predicted octanol–water partition coefficient (Wildman–Crippen LogP) is 6.36. The van der Waals surface area contributed by atoms with Crippen molar-refractivity contribution in [2.75, 3.05) is 0 Å². The Balaban J connectivity index is 1.93. The van der Waals surface area contributed by atoms with Crippen molar-refractivity contribution >= 4 is 16.9 Å². The maximum absolute atomic E-state index is 14.7. The van der Waals surface area contributed by atoms with Gasteiger partial charge in [-0.25, -0.2) is 13.6 Å². The number of phenols is 1. The molecule has 0 saturated heterocycles. The third kappa shape index (κ3) is 3.58. The van der Waals surface area contributed by atoms with Crippen LogP contribution in [0.1, 0.15) is 68.2 Å². The highest BCUT2D eigenvalue weighted by Crippen LogP contribution is 2.47. The average Bonchev–Trinajstić information content (AvgIpc) is 3.05. The van der Waals surface area contributed by atoms with Gasteiger partial charge in [-0.1, -0.05) is 13.8 Å². The molecule has 4 nitrogen and oxygen atoms in total. The largest absolute Gasteiger partial charge is 0.508 e. The van der Waals surface area contributed by atoms with Crippen LogP contribution in [0, 0.1) is 12.7 Å². The summed E-state index contributed by atoms with van der Waals surface area (Å²) in [6, 6.07) is 10.2. The van der Waals surface area contributed by atoms with Gasteiger partial charge in [-0.2, -0.15) is 0 Å². The Bertz CT molecular complexity index is 1160. The molecule has 164 valence electrons. The zero-order chi connectivity index (χ0) is 22.5. The summed E-state index contributed by atoms with van der Waals surface area (Å²) in [5.74, 6) is -1.45. The summed E-state index contributed by atoms with van der Waals surface area (Å²) in [5.41, 5.74) is 2.12. The standard InChI is InChI=1S/C25H27F2NO3/c1-14(2)23-22(16-8-10-25(27,11-9-16)24(30)31)19-13-18(29)5-7-21(19)28(23)17-4-6-20(26)15(3)12-17/h4-7,12-14,16,29H,8-11H2,1-3H3,(H,30,31). The summed E-state index contributed by atoms with van der Waals surface area (Å²) >= 11 is 0. The molecule has 1 heterocycles. The number of aryl methyl sites for hydroxylation is 1. The van der Waals surface area contributed by atoms with Gasteiger partial charge in [0.25, 0.3) is 0 Å². The number of alkyl halides is 1. The van der Waals surface area contributed by atoms with Crippen molar-refractivity contribution in [2.45, 2.75) is 64.0 Å². The number of halogens is 2. The van der Waals surface area contributed by atoms with Crippen LogP contribution in [0.25, 0.3) is 16.6 Å². The van der Waals surface area contributed by atoms with E-state index in [0.29, 0.717) is 18.4 Å². The van der Waals surface area contributed by atoms with Crippen LogP contribution in [0.4, 0.5) is 8.78 Å². The first kappa shape index (κ1) is 21.3. The number of fused-ring (bicyclic) bond motifs is 1. The van der Waals surface area contributed by atoms with Gasteiger partial charge >= 0.3 is 5.97 Å². The van der Waals surface area contributed by atoms with Gasteiger partial charge in [0, 0.05) is 16.8 Å². The molecule has 1 saturated carbocycles. The SMILES string of the molecule is Cc1cc(-n2c(C(C)C)c(C3CCC(F)(C(=O)O)CC3)c3cc(O)ccc32)ccc1F. The van der Waals surface area contributed by atoms with E-state index in [4.69, 9.17) is 0 Å². The molecule has 0 amide bonds. The van der Waals surface area contributed by atoms with Crippen molar-refractivity contribution in [1.82, 2.24) is 4.57 Å². The molecule has 0 atom stereocenters. The number of aromatic hydroxyl groups is 1. The van der Waals surface area contributed by atoms with Crippen LogP contribution < -0.4 is 0 Å². The second-order valence-electron chi connectivity index (χ2n) is 8.97. The smallest absolute Gasteiger partial charge is 0.341 e. The number of carboxylic acids is 1. The molecule has 0 spiro atoms. The van der Waals surface area contributed by atoms with E-state index in [1.807, 2.05) is 6.07 Å². The van der Waals surface area contributed by atoms with E-state index >= 15 is 0 Å². The minimum atomic E-state index is -2.18. The Morgan fingerprint density at radius 3 is 2.42 bits per heavy atom. The molecule has 0 radical (unpaired) electrons. The van der Waals surface area contributed by atoms with Crippen LogP contribution in [-0.2, 0) is 4.79 Å². The first-order valence-electron chi connectivity index (χ1n) is 10.7. The molecule has 0 aliphatic heterocycles. The zero-order valence-electron chi connectivity index (χ0n) is 18.0. The van der Waals surface area contributed by atoms with Crippen molar-refractivity contribution in [3.63, 3.8) is 0 Å². The van der Waals surface area contributed by atoms with Crippen LogP contribution in [-0.4, -0.2) is 26.4 Å². The van der Waals surface area contributed by atoms with Gasteiger partial charge in [0.05, 0.1) is 5.52 Å². The maximum atomic E-state index is 14.7. The van der Waals surface area contributed by atoms with Crippen molar-refractivity contribution < 1.29 is 23.8 Å². The van der Waals surface area contributed by atoms with Crippen LogP contribution in [0.3, 0.4) is 0 Å². The van der Waals surface area contributed by atoms with E-state index in [1.54, 1.807) is 31.2 Å². The van der Waals surface area contributed by atoms with Crippen molar-refractivity contribution in [2.24, 2.45) is 0 Å². The van der Waals surface area contributed by atoms with Crippen molar-refractivity contribution in [3.05, 3.63) is 59.0 Å². The average molecular weight is 427 g/mol. The number of phenolic OH excluding ortho intramolecular Hbond substituents is 1. The lowest BCUT2D eigenvalue weighted by Gasteiger charge is -2.32. The number of hydrogen-bond donors (Lipinski definition) is 2. The molecular formula is C25H27F2NO3. The molecule has 2 N–H and O–H groups in total. The summed E-state index contributed by atoms with van der Waals surface area (Å²) in [6.07, 6.45) is 0.761. The summed E-state index contributed by atoms with van der Waals surface area (Å²) in [5, 5.41) is 20.3. The fraction of sp³-hybridized carbons (Fsp3) is 0.400. The van der Waals surface area contributed by atoms with Crippen LogP contribution in [0.2, 0.25) is 0 Å². The number of carboxylic acid groups (broad SMARTS) is 1. The Labute approximate surface area is 180 Å². The van der Waals surface area contributed by atoms with E-state index in [2.05, 4.69) is 18.4 Å². The van der Waals surface area contributed by atoms with Crippen LogP contribution in [0.15, 0.2) is 36.4 Å². The fourth-order valence-corrected chi connectivity index (χ4v) is 4.95. The van der Waals surface area contributed by atoms with Crippen LogP contribution in [0.5, 0.6) is 5.75 Å². The second-order valence-corrected chi connectivity index (χ2v) is 8.97. The molecule has 3 aromatic rings. The summed E-state index contributed by atoms with van der Waals surface area (Å²) < 4.78 is 30.7. The number of aromatic nitrogens is 1. The lowest BCUT2D eigenvalue weighted by Crippen LogP contribution is -2.37. The van der Waals surface area contributed by atoms with Gasteiger partial charge in [-0.3, -0.25) is 0 Å². The third-order valence-electron chi connectivity index (χ3n) is 6.54. The molecule has 0 bridgehead atoms. The van der Waals surface area contributed by atoms with E-state index in [0.717, 1.165) is 27.8 Å². The Kier molecular flexibility index (Phi) is 5.28. The van der Waals surface area contributed by atoms with E-state index in [-0.39, 0.29) is 36.2 Å². The molecule has 1 aliphatic rings. The van der Waals surface area contributed by atoms with Gasteiger partial charge in [-0.05, 0) is 92.0 Å². The van der Waals surface area contributed by atoms with Gasteiger partial charge in [0.2, 0.25) is 5.67 Å². The highest BCUT2D eigenvalue weighted by molar-refractivity contribution is 5.89. The molecular weight excluding hydrogens is 400 g/mol. The Hall–Kier alpha value is -2.89. The molecule has 2 aromatic carbocycles. The monoisotopic (exact) mass is 427 g/mol. The number of nitrogens with zero attached hydrogens (tertiary/aromatic N) is 1. The van der Waals surface area contributed by atoms with Gasteiger partial charge in [-0.15, -0.1) is 0 Å². The Morgan fingerprint density at radius 2 is 1.84 bits per heavy atom. The molecule has 0 unspecified atom stereocenters. The minimum absolute atomic E-state index is 0.0206. The molecule has 4 rings (SSSR count). The third-order valence-corrected chi connectivity index (χ3v) is 6.54. The number of hydrogen-bond acceptors (Lipinski definition) is 2. The molecule has 6 heteroatoms. The fourth-order valence-electron chi connectivity index (χ4n) is 4.95. The van der Waals surface area contributed by atoms with Crippen LogP contribution >= 0.6 is 0 Å². The lowest BCUT2D eigenvalue weighted by atomic mass is 9.75. The van der Waals surface area contributed by atoms with Gasteiger partial charge < -0.3 is 14.8 Å². The number of benzene rings is 2. The topological polar surface area (TPSA) is 62.5 Å². The van der Waals surface area contributed by atoms with Gasteiger partial charge in [0.15, 0.2) is 0 Å². The first-order valence-corrected chi connectivity index (χ1v) is 10.7. The summed E-state index contributed by atoms with van der Waals surface area (Å²) in [6.45, 7) is 5.87.